The average Bonchev–Trinajstić information content (AvgIpc) is 3.14. The van der Waals surface area contributed by atoms with Gasteiger partial charge in [0.15, 0.2) is 0 Å². The smallest absolute Gasteiger partial charge is 0.311 e. The number of aryl methyl sites for hydroxylation is 1. The summed E-state index contributed by atoms with van der Waals surface area (Å²) < 4.78 is 45.5. The SMILES string of the molecule is Cc1cc(S(=O)(=O)N2CCN(C(=O)c3nnc(C(C)C)o3)CC2)ccc1F. The van der Waals surface area contributed by atoms with Crippen LogP contribution in [0.25, 0.3) is 0 Å². The molecule has 1 fully saturated rings. The van der Waals surface area contributed by atoms with Crippen molar-refractivity contribution >= 4 is 15.9 Å². The molecule has 1 aromatic heterocycles. The number of rotatable bonds is 4. The highest BCUT2D eigenvalue weighted by Gasteiger charge is 2.32. The van der Waals surface area contributed by atoms with Gasteiger partial charge in [-0.15, -0.1) is 10.2 Å². The molecule has 1 aliphatic rings. The monoisotopic (exact) mass is 396 g/mol. The molecule has 0 saturated carbocycles. The molecule has 146 valence electrons. The molecule has 0 spiro atoms. The second kappa shape index (κ2) is 7.35. The van der Waals surface area contributed by atoms with Crippen molar-refractivity contribution in [3.8, 4) is 0 Å². The Morgan fingerprint density at radius 2 is 1.85 bits per heavy atom. The maximum Gasteiger partial charge on any atom is 0.311 e. The Kier molecular flexibility index (Phi) is 5.29. The van der Waals surface area contributed by atoms with Crippen molar-refractivity contribution < 1.29 is 22.0 Å². The minimum absolute atomic E-state index is 0.0141. The lowest BCUT2D eigenvalue weighted by Gasteiger charge is -2.33. The predicted molar refractivity (Wildman–Crippen MR) is 94.2 cm³/mol. The van der Waals surface area contributed by atoms with E-state index in [1.807, 2.05) is 13.8 Å². The average molecular weight is 396 g/mol. The number of hydrogen-bond acceptors (Lipinski definition) is 6. The minimum atomic E-state index is -3.74. The molecule has 0 aliphatic carbocycles. The molecule has 0 atom stereocenters. The normalized spacial score (nSPS) is 16.1. The van der Waals surface area contributed by atoms with E-state index in [9.17, 15) is 17.6 Å². The molecule has 0 N–H and O–H groups in total. The second-order valence-corrected chi connectivity index (χ2v) is 8.65. The molecule has 27 heavy (non-hydrogen) atoms. The highest BCUT2D eigenvalue weighted by molar-refractivity contribution is 7.89. The van der Waals surface area contributed by atoms with E-state index in [2.05, 4.69) is 10.2 Å². The van der Waals surface area contributed by atoms with Crippen LogP contribution in [0.1, 0.15) is 41.9 Å². The predicted octanol–water partition coefficient (Wildman–Crippen LogP) is 1.79. The summed E-state index contributed by atoms with van der Waals surface area (Å²) in [6, 6.07) is 3.71. The Hall–Kier alpha value is -2.33. The molecule has 0 bridgehead atoms. The molecule has 1 aromatic carbocycles. The fourth-order valence-electron chi connectivity index (χ4n) is 2.75. The lowest BCUT2D eigenvalue weighted by atomic mass is 10.2. The van der Waals surface area contributed by atoms with E-state index in [1.54, 1.807) is 0 Å². The van der Waals surface area contributed by atoms with Crippen molar-refractivity contribution in [2.45, 2.75) is 31.6 Å². The zero-order valence-corrected chi connectivity index (χ0v) is 16.2. The maximum absolute atomic E-state index is 13.4. The Bertz CT molecular complexity index is 950. The number of aromatic nitrogens is 2. The lowest BCUT2D eigenvalue weighted by molar-refractivity contribution is 0.0655. The van der Waals surface area contributed by atoms with Gasteiger partial charge in [0.05, 0.1) is 4.90 Å². The molecule has 1 amide bonds. The minimum Gasteiger partial charge on any atom is -0.417 e. The molecular weight excluding hydrogens is 375 g/mol. The first-order valence-electron chi connectivity index (χ1n) is 8.59. The van der Waals surface area contributed by atoms with Crippen molar-refractivity contribution in [2.24, 2.45) is 0 Å². The Labute approximate surface area is 157 Å². The van der Waals surface area contributed by atoms with Crippen LogP contribution in [0.3, 0.4) is 0 Å². The Morgan fingerprint density at radius 1 is 1.19 bits per heavy atom. The lowest BCUT2D eigenvalue weighted by Crippen LogP contribution is -2.50. The summed E-state index contributed by atoms with van der Waals surface area (Å²) >= 11 is 0. The second-order valence-electron chi connectivity index (χ2n) is 6.71. The molecule has 1 saturated heterocycles. The third-order valence-electron chi connectivity index (χ3n) is 4.41. The number of piperazine rings is 1. The summed E-state index contributed by atoms with van der Waals surface area (Å²) in [7, 11) is -3.74. The van der Waals surface area contributed by atoms with Crippen LogP contribution in [0, 0.1) is 12.7 Å². The highest BCUT2D eigenvalue weighted by Crippen LogP contribution is 2.21. The topological polar surface area (TPSA) is 96.6 Å². The molecule has 0 radical (unpaired) electrons. The van der Waals surface area contributed by atoms with Crippen LogP contribution < -0.4 is 0 Å². The zero-order chi connectivity index (χ0) is 19.8. The third kappa shape index (κ3) is 3.86. The number of carbonyl (C=O) groups excluding carboxylic acids is 1. The number of halogens is 1. The quantitative estimate of drug-likeness (QED) is 0.782. The van der Waals surface area contributed by atoms with Crippen molar-refractivity contribution in [1.82, 2.24) is 19.4 Å². The van der Waals surface area contributed by atoms with Crippen LogP contribution in [-0.4, -0.2) is 59.9 Å². The van der Waals surface area contributed by atoms with Gasteiger partial charge in [0.2, 0.25) is 15.9 Å². The summed E-state index contributed by atoms with van der Waals surface area (Å²) in [4.78, 5) is 14.0. The first kappa shape index (κ1) is 19.4. The van der Waals surface area contributed by atoms with Gasteiger partial charge in [-0.2, -0.15) is 4.31 Å². The zero-order valence-electron chi connectivity index (χ0n) is 15.3. The van der Waals surface area contributed by atoms with Gasteiger partial charge in [-0.1, -0.05) is 13.8 Å². The van der Waals surface area contributed by atoms with Gasteiger partial charge < -0.3 is 9.32 Å². The fourth-order valence-corrected chi connectivity index (χ4v) is 4.26. The third-order valence-corrected chi connectivity index (χ3v) is 6.31. The first-order valence-corrected chi connectivity index (χ1v) is 10.0. The molecule has 1 aliphatic heterocycles. The number of hydrogen-bond donors (Lipinski definition) is 0. The molecule has 8 nitrogen and oxygen atoms in total. The van der Waals surface area contributed by atoms with E-state index in [0.29, 0.717) is 5.89 Å². The number of carbonyl (C=O) groups is 1. The van der Waals surface area contributed by atoms with Gasteiger partial charge in [-0.05, 0) is 30.7 Å². The first-order chi connectivity index (χ1) is 12.7. The van der Waals surface area contributed by atoms with Crippen molar-refractivity contribution in [2.75, 3.05) is 26.2 Å². The van der Waals surface area contributed by atoms with Crippen LogP contribution >= 0.6 is 0 Å². The Morgan fingerprint density at radius 3 is 2.41 bits per heavy atom. The van der Waals surface area contributed by atoms with Gasteiger partial charge >= 0.3 is 11.8 Å². The van der Waals surface area contributed by atoms with Crippen LogP contribution in [0.5, 0.6) is 0 Å². The fraction of sp³-hybridized carbons (Fsp3) is 0.471. The van der Waals surface area contributed by atoms with Gasteiger partial charge in [-0.3, -0.25) is 4.79 Å². The molecule has 2 aromatic rings. The van der Waals surface area contributed by atoms with Crippen LogP contribution in [-0.2, 0) is 10.0 Å². The molecule has 2 heterocycles. The maximum atomic E-state index is 13.4. The summed E-state index contributed by atoms with van der Waals surface area (Å²) in [6.07, 6.45) is 0. The number of benzene rings is 1. The van der Waals surface area contributed by atoms with Crippen molar-refractivity contribution in [3.05, 3.63) is 41.4 Å². The summed E-state index contributed by atoms with van der Waals surface area (Å²) in [5.41, 5.74) is 0.266. The summed E-state index contributed by atoms with van der Waals surface area (Å²) in [5, 5.41) is 7.61. The molecule has 3 rings (SSSR count). The summed E-state index contributed by atoms with van der Waals surface area (Å²) in [6.45, 7) is 5.95. The molecular formula is C17H21FN4O4S. The van der Waals surface area contributed by atoms with Gasteiger partial charge in [0.25, 0.3) is 0 Å². The Balaban J connectivity index is 1.68. The van der Waals surface area contributed by atoms with E-state index in [1.165, 1.54) is 28.3 Å². The standard InChI is InChI=1S/C17H21FN4O4S/c1-11(2)15-19-20-16(26-15)17(23)21-6-8-22(9-7-21)27(24,25)13-4-5-14(18)12(3)10-13/h4-5,10-11H,6-9H2,1-3H3. The van der Waals surface area contributed by atoms with Gasteiger partial charge in [0, 0.05) is 32.1 Å². The van der Waals surface area contributed by atoms with E-state index in [4.69, 9.17) is 4.42 Å². The largest absolute Gasteiger partial charge is 0.417 e. The van der Waals surface area contributed by atoms with Crippen LogP contribution in [0.15, 0.2) is 27.5 Å². The number of amides is 1. The molecule has 0 unspecified atom stereocenters. The van der Waals surface area contributed by atoms with Crippen LogP contribution in [0.4, 0.5) is 4.39 Å². The van der Waals surface area contributed by atoms with Gasteiger partial charge in [0.1, 0.15) is 5.82 Å². The van der Waals surface area contributed by atoms with Crippen molar-refractivity contribution in [3.63, 3.8) is 0 Å². The number of nitrogens with zero attached hydrogens (tertiary/aromatic N) is 4. The van der Waals surface area contributed by atoms with Crippen molar-refractivity contribution in [1.29, 1.82) is 0 Å². The number of sulfonamides is 1. The molecule has 10 heteroatoms. The van der Waals surface area contributed by atoms with E-state index < -0.39 is 21.7 Å². The van der Waals surface area contributed by atoms with Crippen LogP contribution in [0.2, 0.25) is 0 Å². The van der Waals surface area contributed by atoms with Gasteiger partial charge in [-0.25, -0.2) is 12.8 Å². The highest BCUT2D eigenvalue weighted by atomic mass is 32.2. The summed E-state index contributed by atoms with van der Waals surface area (Å²) in [5.74, 6) is -0.565. The van der Waals surface area contributed by atoms with E-state index in [0.717, 1.165) is 6.07 Å². The van der Waals surface area contributed by atoms with E-state index >= 15 is 0 Å². The van der Waals surface area contributed by atoms with E-state index in [-0.39, 0.29) is 48.4 Å².